The summed E-state index contributed by atoms with van der Waals surface area (Å²) in [5.41, 5.74) is 0.915. The largest absolute Gasteiger partial charge is 0.379 e. The number of benzene rings is 2. The number of morpholine rings is 1. The number of epoxide rings is 1. The van der Waals surface area contributed by atoms with Crippen molar-refractivity contribution in [2.24, 2.45) is 11.8 Å². The molecule has 5 atom stereocenters. The number of ether oxygens (including phenoxy) is 2. The van der Waals surface area contributed by atoms with E-state index in [4.69, 9.17) is 9.47 Å². The quantitative estimate of drug-likeness (QED) is 0.152. The summed E-state index contributed by atoms with van der Waals surface area (Å²) in [6.07, 6.45) is 1.76. The van der Waals surface area contributed by atoms with Gasteiger partial charge in [-0.1, -0.05) is 88.4 Å². The fourth-order valence-corrected chi connectivity index (χ4v) is 6.33. The molecule has 12 heteroatoms. The number of Topliss-reactive ketones (excluding diaryl/α,β-unsaturated/α-hetero) is 1. The number of nitrogens with zero attached hydrogens (tertiary/aromatic N) is 1. The lowest BCUT2D eigenvalue weighted by atomic mass is 9.93. The van der Waals surface area contributed by atoms with Crippen molar-refractivity contribution in [1.82, 2.24) is 26.2 Å². The number of rotatable bonds is 20. The van der Waals surface area contributed by atoms with E-state index < -0.39 is 47.5 Å². The van der Waals surface area contributed by atoms with E-state index in [1.807, 2.05) is 93.3 Å². The lowest BCUT2D eigenvalue weighted by molar-refractivity contribution is -0.135. The summed E-state index contributed by atoms with van der Waals surface area (Å²) in [6.45, 7) is 12.3. The lowest BCUT2D eigenvalue weighted by Gasteiger charge is -2.29. The van der Waals surface area contributed by atoms with Gasteiger partial charge in [0.05, 0.1) is 32.4 Å². The monoisotopic (exact) mass is 719 g/mol. The van der Waals surface area contributed by atoms with Gasteiger partial charge in [-0.3, -0.25) is 28.9 Å². The van der Waals surface area contributed by atoms with Crippen LogP contribution in [0.1, 0.15) is 65.0 Å². The molecule has 2 aliphatic rings. The fraction of sp³-hybridized carbons (Fsp3) is 0.575. The molecule has 2 aromatic carbocycles. The number of amides is 4. The third-order valence-electron chi connectivity index (χ3n) is 9.38. The first-order valence-electron chi connectivity index (χ1n) is 18.6. The Balaban J connectivity index is 1.51. The molecule has 0 aliphatic carbocycles. The van der Waals surface area contributed by atoms with Crippen LogP contribution in [-0.4, -0.2) is 104 Å². The van der Waals surface area contributed by atoms with Gasteiger partial charge < -0.3 is 30.7 Å². The van der Waals surface area contributed by atoms with Gasteiger partial charge >= 0.3 is 0 Å². The van der Waals surface area contributed by atoms with Gasteiger partial charge in [0.25, 0.3) is 0 Å². The van der Waals surface area contributed by atoms with Crippen molar-refractivity contribution in [3.8, 4) is 0 Å². The molecule has 0 saturated carbocycles. The second kappa shape index (κ2) is 19.6. The number of hydrogen-bond acceptors (Lipinski definition) is 8. The Morgan fingerprint density at radius 2 is 1.19 bits per heavy atom. The second-order valence-corrected chi connectivity index (χ2v) is 15.0. The van der Waals surface area contributed by atoms with Gasteiger partial charge in [-0.15, -0.1) is 0 Å². The van der Waals surface area contributed by atoms with E-state index in [-0.39, 0.29) is 36.5 Å². The SMILES string of the molecule is CC(C)C[C@H](NC(=O)[C@@H](Cc1ccccc1)NC(=O)[C@@H](CC(C)C)NC(=O)[C@H](CCc1ccccc1)NC(=O)CN1CCOCC1)C(=O)[C@@]1(C)CO1. The Morgan fingerprint density at radius 1 is 0.692 bits per heavy atom. The van der Waals surface area contributed by atoms with E-state index in [9.17, 15) is 24.0 Å². The van der Waals surface area contributed by atoms with E-state index in [1.54, 1.807) is 6.92 Å². The zero-order valence-electron chi connectivity index (χ0n) is 31.3. The number of aryl methyl sites for hydroxylation is 1. The van der Waals surface area contributed by atoms with Crippen LogP contribution in [0.4, 0.5) is 0 Å². The predicted octanol–water partition coefficient (Wildman–Crippen LogP) is 2.58. The first-order chi connectivity index (χ1) is 24.8. The highest BCUT2D eigenvalue weighted by Crippen LogP contribution is 2.29. The molecule has 0 spiro atoms. The average molecular weight is 720 g/mol. The second-order valence-electron chi connectivity index (χ2n) is 15.0. The molecule has 2 saturated heterocycles. The molecular weight excluding hydrogens is 662 g/mol. The molecule has 4 rings (SSSR count). The summed E-state index contributed by atoms with van der Waals surface area (Å²) in [5.74, 6) is -1.83. The zero-order valence-corrected chi connectivity index (χ0v) is 31.3. The highest BCUT2D eigenvalue weighted by molar-refractivity contribution is 5.98. The molecule has 4 N–H and O–H groups in total. The lowest BCUT2D eigenvalue weighted by Crippen LogP contribution is -2.59. The van der Waals surface area contributed by atoms with Crippen LogP contribution in [0.5, 0.6) is 0 Å². The molecule has 2 heterocycles. The van der Waals surface area contributed by atoms with Gasteiger partial charge in [-0.25, -0.2) is 0 Å². The maximum Gasteiger partial charge on any atom is 0.243 e. The molecule has 2 aromatic rings. The Morgan fingerprint density at radius 3 is 1.77 bits per heavy atom. The maximum atomic E-state index is 14.1. The Hall–Kier alpha value is -4.13. The Labute approximate surface area is 308 Å². The minimum atomic E-state index is -1.03. The van der Waals surface area contributed by atoms with Gasteiger partial charge in [0.15, 0.2) is 5.78 Å². The van der Waals surface area contributed by atoms with Crippen molar-refractivity contribution in [3.05, 3.63) is 71.8 Å². The topological polar surface area (TPSA) is 158 Å². The van der Waals surface area contributed by atoms with Gasteiger partial charge in [0.1, 0.15) is 23.7 Å². The number of nitrogens with one attached hydrogen (secondary N) is 4. The van der Waals surface area contributed by atoms with Crippen LogP contribution in [0.25, 0.3) is 0 Å². The zero-order chi connectivity index (χ0) is 37.7. The van der Waals surface area contributed by atoms with Crippen LogP contribution in [0, 0.1) is 11.8 Å². The molecule has 0 unspecified atom stereocenters. The molecular formula is C40H57N5O7. The summed E-state index contributed by atoms with van der Waals surface area (Å²) in [5, 5.41) is 11.7. The standard InChI is InChI=1S/C40H57N5O7/c1-27(2)22-32(36(47)40(5)26-52-40)42-39(50)34(24-30-14-10-7-11-15-30)44-38(49)33(23-28(3)4)43-37(48)31(17-16-29-12-8-6-9-13-29)41-35(46)25-45-18-20-51-21-19-45/h6-15,27-28,31-34H,16-26H2,1-5H3,(H,41,46)(H,42,50)(H,43,48)(H,44,49)/t31-,32-,33+,34+,40+/m0/s1. The fourth-order valence-electron chi connectivity index (χ4n) is 6.33. The van der Waals surface area contributed by atoms with Crippen LogP contribution in [0.2, 0.25) is 0 Å². The molecule has 284 valence electrons. The van der Waals surface area contributed by atoms with Crippen LogP contribution in [0.15, 0.2) is 60.7 Å². The van der Waals surface area contributed by atoms with E-state index in [1.165, 1.54) is 0 Å². The van der Waals surface area contributed by atoms with E-state index in [0.717, 1.165) is 11.1 Å². The third kappa shape index (κ3) is 13.1. The molecule has 2 aliphatic heterocycles. The smallest absolute Gasteiger partial charge is 0.243 e. The van der Waals surface area contributed by atoms with Crippen LogP contribution in [0.3, 0.4) is 0 Å². The molecule has 0 aromatic heterocycles. The number of carbonyl (C=O) groups excluding carboxylic acids is 5. The summed E-state index contributed by atoms with van der Waals surface area (Å²) in [4.78, 5) is 70.5. The van der Waals surface area contributed by atoms with Gasteiger partial charge in [0.2, 0.25) is 23.6 Å². The first-order valence-corrected chi connectivity index (χ1v) is 18.6. The van der Waals surface area contributed by atoms with E-state index in [2.05, 4.69) is 21.3 Å². The van der Waals surface area contributed by atoms with Crippen LogP contribution < -0.4 is 21.3 Å². The third-order valence-corrected chi connectivity index (χ3v) is 9.38. The molecule has 12 nitrogen and oxygen atoms in total. The Kier molecular flexibility index (Phi) is 15.3. The van der Waals surface area contributed by atoms with Crippen molar-refractivity contribution in [1.29, 1.82) is 0 Å². The average Bonchev–Trinajstić information content (AvgIpc) is 3.87. The van der Waals surface area contributed by atoms with Gasteiger partial charge in [-0.05, 0) is 55.6 Å². The molecule has 52 heavy (non-hydrogen) atoms. The molecule has 2 fully saturated rings. The highest BCUT2D eigenvalue weighted by Gasteiger charge is 2.50. The minimum Gasteiger partial charge on any atom is -0.379 e. The van der Waals surface area contributed by atoms with Crippen molar-refractivity contribution >= 4 is 29.4 Å². The van der Waals surface area contributed by atoms with E-state index in [0.29, 0.717) is 58.6 Å². The number of hydrogen-bond donors (Lipinski definition) is 4. The number of ketones is 1. The van der Waals surface area contributed by atoms with Crippen LogP contribution in [-0.2, 0) is 46.3 Å². The van der Waals surface area contributed by atoms with Crippen LogP contribution >= 0.6 is 0 Å². The van der Waals surface area contributed by atoms with Gasteiger partial charge in [-0.2, -0.15) is 0 Å². The summed E-state index contributed by atoms with van der Waals surface area (Å²) in [6, 6.07) is 15.3. The normalized spacial score (nSPS) is 19.6. The highest BCUT2D eigenvalue weighted by atomic mass is 16.6. The van der Waals surface area contributed by atoms with Crippen molar-refractivity contribution < 1.29 is 33.4 Å². The maximum absolute atomic E-state index is 14.1. The predicted molar refractivity (Wildman–Crippen MR) is 198 cm³/mol. The summed E-state index contributed by atoms with van der Waals surface area (Å²) < 4.78 is 10.8. The number of carbonyl (C=O) groups is 5. The van der Waals surface area contributed by atoms with Gasteiger partial charge in [0, 0.05) is 19.5 Å². The van der Waals surface area contributed by atoms with E-state index >= 15 is 0 Å². The minimum absolute atomic E-state index is 0.0171. The first kappa shape index (κ1) is 40.6. The Bertz CT molecular complexity index is 1480. The van der Waals surface area contributed by atoms with Crippen molar-refractivity contribution in [2.45, 2.75) is 96.5 Å². The van der Waals surface area contributed by atoms with Crippen molar-refractivity contribution in [2.75, 3.05) is 39.5 Å². The summed E-state index contributed by atoms with van der Waals surface area (Å²) >= 11 is 0. The molecule has 0 bridgehead atoms. The summed E-state index contributed by atoms with van der Waals surface area (Å²) in [7, 11) is 0. The molecule has 4 amide bonds. The van der Waals surface area contributed by atoms with Crippen molar-refractivity contribution in [3.63, 3.8) is 0 Å². The molecule has 0 radical (unpaired) electrons.